The first-order valence-corrected chi connectivity index (χ1v) is 6.34. The molecule has 2 aromatic heterocycles. The maximum absolute atomic E-state index is 6.10. The lowest BCUT2D eigenvalue weighted by molar-refractivity contribution is 0.488. The van der Waals surface area contributed by atoms with Crippen molar-refractivity contribution in [1.29, 1.82) is 0 Å². The van der Waals surface area contributed by atoms with Crippen LogP contribution in [0.2, 0.25) is 10.0 Å². The molecule has 0 aliphatic carbocycles. The maximum atomic E-state index is 6.10. The first-order chi connectivity index (χ1) is 9.16. The number of rotatable bonds is 2. The van der Waals surface area contributed by atoms with Crippen molar-refractivity contribution in [2.24, 2.45) is 0 Å². The highest BCUT2D eigenvalue weighted by Crippen LogP contribution is 2.38. The van der Waals surface area contributed by atoms with Gasteiger partial charge in [0.25, 0.3) is 0 Å². The van der Waals surface area contributed by atoms with Gasteiger partial charge in [0.05, 0.1) is 15.4 Å². The fourth-order valence-corrected chi connectivity index (χ4v) is 2.31. The third kappa shape index (κ3) is 2.13. The van der Waals surface area contributed by atoms with Crippen LogP contribution in [0.3, 0.4) is 0 Å². The van der Waals surface area contributed by atoms with Gasteiger partial charge >= 0.3 is 0 Å². The molecular weight excluding hydrogens is 285 g/mol. The summed E-state index contributed by atoms with van der Waals surface area (Å²) in [5, 5.41) is 8.69. The van der Waals surface area contributed by atoms with E-state index in [9.17, 15) is 0 Å². The van der Waals surface area contributed by atoms with Gasteiger partial charge in [-0.05, 0) is 25.1 Å². The predicted molar refractivity (Wildman–Crippen MR) is 75.2 cm³/mol. The van der Waals surface area contributed by atoms with Crippen LogP contribution in [0.15, 0.2) is 30.5 Å². The molecule has 0 fully saturated rings. The molecule has 3 aromatic rings. The van der Waals surface area contributed by atoms with Crippen molar-refractivity contribution in [3.63, 3.8) is 0 Å². The summed E-state index contributed by atoms with van der Waals surface area (Å²) in [4.78, 5) is 4.16. The van der Waals surface area contributed by atoms with E-state index in [4.69, 9.17) is 27.9 Å². The lowest BCUT2D eigenvalue weighted by atomic mass is 10.2. The lowest BCUT2D eigenvalue weighted by Crippen LogP contribution is -1.89. The van der Waals surface area contributed by atoms with Gasteiger partial charge in [0.15, 0.2) is 11.4 Å². The van der Waals surface area contributed by atoms with E-state index < -0.39 is 0 Å². The second kappa shape index (κ2) is 4.72. The molecule has 1 N–H and O–H groups in total. The molecule has 0 amide bonds. The third-order valence-corrected chi connectivity index (χ3v) is 3.32. The molecule has 0 aliphatic heterocycles. The summed E-state index contributed by atoms with van der Waals surface area (Å²) in [6.07, 6.45) is 1.63. The number of aryl methyl sites for hydroxylation is 1. The van der Waals surface area contributed by atoms with Crippen LogP contribution in [0.5, 0.6) is 11.5 Å². The van der Waals surface area contributed by atoms with Crippen molar-refractivity contribution >= 4 is 34.2 Å². The summed E-state index contributed by atoms with van der Waals surface area (Å²) < 4.78 is 5.83. The Morgan fingerprint density at radius 2 is 1.89 bits per heavy atom. The molecule has 0 aliphatic rings. The van der Waals surface area contributed by atoms with Crippen LogP contribution >= 0.6 is 23.2 Å². The summed E-state index contributed by atoms with van der Waals surface area (Å²) in [6, 6.07) is 6.97. The van der Waals surface area contributed by atoms with Crippen molar-refractivity contribution in [3.05, 3.63) is 46.2 Å². The fourth-order valence-electron chi connectivity index (χ4n) is 1.84. The van der Waals surface area contributed by atoms with Gasteiger partial charge in [-0.2, -0.15) is 5.10 Å². The van der Waals surface area contributed by atoms with Gasteiger partial charge in [-0.1, -0.05) is 29.3 Å². The Balaban J connectivity index is 2.13. The topological polar surface area (TPSA) is 50.8 Å². The van der Waals surface area contributed by atoms with Crippen molar-refractivity contribution in [1.82, 2.24) is 15.2 Å². The van der Waals surface area contributed by atoms with Crippen LogP contribution < -0.4 is 4.74 Å². The lowest BCUT2D eigenvalue weighted by Gasteiger charge is -2.10. The van der Waals surface area contributed by atoms with Gasteiger partial charge in [0.1, 0.15) is 5.75 Å². The number of hydrogen-bond donors (Lipinski definition) is 1. The van der Waals surface area contributed by atoms with Gasteiger partial charge < -0.3 is 4.74 Å². The zero-order valence-electron chi connectivity index (χ0n) is 9.95. The molecule has 0 atom stereocenters. The second-order valence-corrected chi connectivity index (χ2v) is 4.82. The molecule has 0 bridgehead atoms. The number of hydrogen-bond acceptors (Lipinski definition) is 3. The molecule has 0 unspecified atom stereocenters. The highest BCUT2D eigenvalue weighted by Gasteiger charge is 2.13. The van der Waals surface area contributed by atoms with Crippen molar-refractivity contribution in [2.45, 2.75) is 6.92 Å². The van der Waals surface area contributed by atoms with Crippen molar-refractivity contribution in [3.8, 4) is 11.5 Å². The Morgan fingerprint density at radius 1 is 1.16 bits per heavy atom. The molecule has 3 rings (SSSR count). The zero-order chi connectivity index (χ0) is 13.4. The average Bonchev–Trinajstić information content (AvgIpc) is 2.77. The van der Waals surface area contributed by atoms with E-state index in [1.165, 1.54) is 0 Å². The highest BCUT2D eigenvalue weighted by atomic mass is 35.5. The van der Waals surface area contributed by atoms with Gasteiger partial charge in [-0.3, -0.25) is 5.10 Å². The molecule has 6 heteroatoms. The number of fused-ring (bicyclic) bond motifs is 1. The van der Waals surface area contributed by atoms with E-state index in [0.717, 1.165) is 11.1 Å². The van der Waals surface area contributed by atoms with E-state index in [1.54, 1.807) is 30.5 Å². The summed E-state index contributed by atoms with van der Waals surface area (Å²) in [5.41, 5.74) is 1.47. The maximum Gasteiger partial charge on any atom is 0.184 e. The van der Waals surface area contributed by atoms with Gasteiger partial charge in [-0.25, -0.2) is 4.98 Å². The summed E-state index contributed by atoms with van der Waals surface area (Å²) in [5.74, 6) is 1.05. The normalized spacial score (nSPS) is 10.9. The van der Waals surface area contributed by atoms with Crippen molar-refractivity contribution in [2.75, 3.05) is 0 Å². The minimum Gasteiger partial charge on any atom is -0.453 e. The minimum atomic E-state index is 0.430. The van der Waals surface area contributed by atoms with E-state index in [2.05, 4.69) is 15.2 Å². The number of aromatic amines is 1. The van der Waals surface area contributed by atoms with Crippen LogP contribution in [-0.2, 0) is 0 Å². The Morgan fingerprint density at radius 3 is 2.63 bits per heavy atom. The third-order valence-electron chi connectivity index (χ3n) is 2.73. The number of nitrogens with one attached hydrogen (secondary N) is 1. The summed E-state index contributed by atoms with van der Waals surface area (Å²) >= 11 is 12.2. The number of nitrogens with zero attached hydrogens (tertiary/aromatic N) is 2. The Labute approximate surface area is 119 Å². The number of H-pyrrole nitrogens is 1. The molecular formula is C13H9Cl2N3O. The quantitative estimate of drug-likeness (QED) is 0.763. The number of halogens is 2. The van der Waals surface area contributed by atoms with E-state index in [-0.39, 0.29) is 0 Å². The summed E-state index contributed by atoms with van der Waals surface area (Å²) in [7, 11) is 0. The van der Waals surface area contributed by atoms with Crippen molar-refractivity contribution < 1.29 is 4.74 Å². The smallest absolute Gasteiger partial charge is 0.184 e. The Bertz CT molecular complexity index is 734. The molecule has 96 valence electrons. The van der Waals surface area contributed by atoms with Crippen LogP contribution in [-0.4, -0.2) is 15.2 Å². The standard InChI is InChI=1S/C13H9Cl2N3O/c1-7-11-10(5-6-16-13(11)18-17-7)19-12-8(14)3-2-4-9(12)15/h2-6H,1H3,(H,16,17,18). The Kier molecular flexibility index (Phi) is 3.05. The number of aromatic nitrogens is 3. The number of pyridine rings is 1. The van der Waals surface area contributed by atoms with Crippen LogP contribution in [0, 0.1) is 6.92 Å². The molecule has 4 nitrogen and oxygen atoms in total. The van der Waals surface area contributed by atoms with Gasteiger partial charge in [-0.15, -0.1) is 0 Å². The van der Waals surface area contributed by atoms with E-state index in [0.29, 0.717) is 27.2 Å². The predicted octanol–water partition coefficient (Wildman–Crippen LogP) is 4.37. The van der Waals surface area contributed by atoms with E-state index in [1.807, 2.05) is 6.92 Å². The molecule has 19 heavy (non-hydrogen) atoms. The number of para-hydroxylation sites is 1. The first kappa shape index (κ1) is 12.3. The molecule has 0 saturated carbocycles. The minimum absolute atomic E-state index is 0.430. The second-order valence-electron chi connectivity index (χ2n) is 4.01. The Hall–Kier alpha value is -1.78. The highest BCUT2D eigenvalue weighted by molar-refractivity contribution is 6.37. The molecule has 0 saturated heterocycles. The molecule has 1 aromatic carbocycles. The van der Waals surface area contributed by atoms with Crippen LogP contribution in [0.25, 0.3) is 11.0 Å². The zero-order valence-corrected chi connectivity index (χ0v) is 11.5. The SMILES string of the molecule is Cc1[nH]nc2nccc(Oc3c(Cl)cccc3Cl)c12. The summed E-state index contributed by atoms with van der Waals surface area (Å²) in [6.45, 7) is 1.90. The van der Waals surface area contributed by atoms with E-state index >= 15 is 0 Å². The molecule has 0 radical (unpaired) electrons. The molecule has 2 heterocycles. The van der Waals surface area contributed by atoms with Gasteiger partial charge in [0, 0.05) is 11.9 Å². The fraction of sp³-hybridized carbons (Fsp3) is 0.0769. The molecule has 0 spiro atoms. The first-order valence-electron chi connectivity index (χ1n) is 5.58. The monoisotopic (exact) mass is 293 g/mol. The van der Waals surface area contributed by atoms with Crippen LogP contribution in [0.4, 0.5) is 0 Å². The number of benzene rings is 1. The largest absolute Gasteiger partial charge is 0.453 e. The van der Waals surface area contributed by atoms with Gasteiger partial charge in [0.2, 0.25) is 0 Å². The van der Waals surface area contributed by atoms with Crippen LogP contribution in [0.1, 0.15) is 5.69 Å². The average molecular weight is 294 g/mol. The number of ether oxygens (including phenoxy) is 1.